The molecule has 4 heteroatoms. The molecule has 1 amide bonds. The fraction of sp³-hybridized carbons (Fsp3) is 0.250. The Morgan fingerprint density at radius 1 is 1.30 bits per heavy atom. The number of amides is 1. The zero-order valence-corrected chi connectivity index (χ0v) is 11.8. The van der Waals surface area contributed by atoms with E-state index in [1.54, 1.807) is 18.3 Å². The molecule has 0 bridgehead atoms. The number of hydrogen-bond donors (Lipinski definition) is 2. The third kappa shape index (κ3) is 3.22. The Labute approximate surface area is 119 Å². The minimum Gasteiger partial charge on any atom is -0.345 e. The topological polar surface area (TPSA) is 68.0 Å². The zero-order valence-electron chi connectivity index (χ0n) is 11.8. The van der Waals surface area contributed by atoms with Crippen LogP contribution in [0.4, 0.5) is 0 Å². The second-order valence-corrected chi connectivity index (χ2v) is 4.78. The molecule has 2 rings (SSSR count). The van der Waals surface area contributed by atoms with Crippen molar-refractivity contribution in [1.82, 2.24) is 10.3 Å². The molecular formula is C16H19N3O. The maximum atomic E-state index is 12.2. The van der Waals surface area contributed by atoms with Gasteiger partial charge in [-0.2, -0.15) is 0 Å². The smallest absolute Gasteiger partial charge is 0.253 e. The fourth-order valence-corrected chi connectivity index (χ4v) is 2.02. The van der Waals surface area contributed by atoms with Gasteiger partial charge in [0.15, 0.2) is 0 Å². The summed E-state index contributed by atoms with van der Waals surface area (Å²) in [4.78, 5) is 16.3. The van der Waals surface area contributed by atoms with Crippen LogP contribution < -0.4 is 11.1 Å². The van der Waals surface area contributed by atoms with Gasteiger partial charge in [0.25, 0.3) is 5.91 Å². The number of nitrogens with two attached hydrogens (primary N) is 1. The summed E-state index contributed by atoms with van der Waals surface area (Å²) in [6.07, 6.45) is 1.68. The van der Waals surface area contributed by atoms with E-state index in [2.05, 4.69) is 10.3 Å². The van der Waals surface area contributed by atoms with Gasteiger partial charge in [-0.3, -0.25) is 9.78 Å². The molecule has 1 aromatic carbocycles. The minimum absolute atomic E-state index is 0.0612. The molecule has 0 radical (unpaired) electrons. The molecule has 1 aromatic heterocycles. The highest BCUT2D eigenvalue weighted by Crippen LogP contribution is 2.14. The average Bonchev–Trinajstić information content (AvgIpc) is 2.47. The highest BCUT2D eigenvalue weighted by molar-refractivity contribution is 5.95. The number of nitrogens with one attached hydrogen (secondary N) is 1. The molecule has 2 aromatic rings. The van der Waals surface area contributed by atoms with Gasteiger partial charge in [-0.1, -0.05) is 24.3 Å². The normalized spacial score (nSPS) is 11.9. The molecule has 4 nitrogen and oxygen atoms in total. The predicted octanol–water partition coefficient (Wildman–Crippen LogP) is 2.34. The molecule has 0 aliphatic rings. The third-order valence-electron chi connectivity index (χ3n) is 3.31. The van der Waals surface area contributed by atoms with Crippen molar-refractivity contribution in [3.63, 3.8) is 0 Å². The van der Waals surface area contributed by atoms with Crippen molar-refractivity contribution < 1.29 is 4.79 Å². The number of rotatable bonds is 4. The number of benzene rings is 1. The number of nitrogens with zero attached hydrogens (tertiary/aromatic N) is 1. The van der Waals surface area contributed by atoms with Crippen LogP contribution in [0.3, 0.4) is 0 Å². The Morgan fingerprint density at radius 2 is 2.00 bits per heavy atom. The SMILES string of the molecule is Cc1ncccc1C(=O)NC(C)c1ccc(CN)cc1. The Bertz CT molecular complexity index is 593. The van der Waals surface area contributed by atoms with Crippen LogP contribution in [-0.2, 0) is 6.54 Å². The molecular weight excluding hydrogens is 250 g/mol. The molecule has 0 aliphatic heterocycles. The van der Waals surface area contributed by atoms with E-state index in [1.807, 2.05) is 38.1 Å². The van der Waals surface area contributed by atoms with Gasteiger partial charge in [0.2, 0.25) is 0 Å². The highest BCUT2D eigenvalue weighted by atomic mass is 16.1. The van der Waals surface area contributed by atoms with Crippen molar-refractivity contribution in [3.05, 3.63) is 65.0 Å². The van der Waals surface area contributed by atoms with E-state index in [1.165, 1.54) is 0 Å². The van der Waals surface area contributed by atoms with E-state index >= 15 is 0 Å². The number of carbonyl (C=O) groups is 1. The standard InChI is InChI=1S/C16H19N3O/c1-11(14-7-5-13(10-17)6-8-14)19-16(20)15-4-3-9-18-12(15)2/h3-9,11H,10,17H2,1-2H3,(H,19,20). The van der Waals surface area contributed by atoms with Gasteiger partial charge in [0, 0.05) is 18.4 Å². The predicted molar refractivity (Wildman–Crippen MR) is 79.2 cm³/mol. The van der Waals surface area contributed by atoms with Gasteiger partial charge in [0.1, 0.15) is 0 Å². The number of hydrogen-bond acceptors (Lipinski definition) is 3. The highest BCUT2D eigenvalue weighted by Gasteiger charge is 2.13. The largest absolute Gasteiger partial charge is 0.345 e. The summed E-state index contributed by atoms with van der Waals surface area (Å²) in [5.74, 6) is -0.106. The molecule has 20 heavy (non-hydrogen) atoms. The van der Waals surface area contributed by atoms with Crippen LogP contribution in [0.25, 0.3) is 0 Å². The lowest BCUT2D eigenvalue weighted by atomic mass is 10.1. The number of aromatic nitrogens is 1. The number of aryl methyl sites for hydroxylation is 1. The second kappa shape index (κ2) is 6.30. The van der Waals surface area contributed by atoms with Crippen LogP contribution in [0.15, 0.2) is 42.6 Å². The van der Waals surface area contributed by atoms with Crippen LogP contribution >= 0.6 is 0 Å². The lowest BCUT2D eigenvalue weighted by Gasteiger charge is -2.15. The van der Waals surface area contributed by atoms with Crippen LogP contribution in [-0.4, -0.2) is 10.9 Å². The summed E-state index contributed by atoms with van der Waals surface area (Å²) in [5.41, 5.74) is 9.05. The second-order valence-electron chi connectivity index (χ2n) is 4.78. The van der Waals surface area contributed by atoms with Gasteiger partial charge in [0.05, 0.1) is 11.6 Å². The summed E-state index contributed by atoms with van der Waals surface area (Å²) in [5, 5.41) is 2.98. The molecule has 104 valence electrons. The Kier molecular flexibility index (Phi) is 4.48. The average molecular weight is 269 g/mol. The summed E-state index contributed by atoms with van der Waals surface area (Å²) in [6, 6.07) is 11.4. The van der Waals surface area contributed by atoms with Crippen LogP contribution in [0.2, 0.25) is 0 Å². The van der Waals surface area contributed by atoms with Crippen molar-refractivity contribution >= 4 is 5.91 Å². The number of pyridine rings is 1. The molecule has 0 saturated carbocycles. The van der Waals surface area contributed by atoms with Crippen molar-refractivity contribution in [1.29, 1.82) is 0 Å². The van der Waals surface area contributed by atoms with Crippen molar-refractivity contribution in [2.75, 3.05) is 0 Å². The minimum atomic E-state index is -0.106. The Balaban J connectivity index is 2.09. The van der Waals surface area contributed by atoms with E-state index in [-0.39, 0.29) is 11.9 Å². The van der Waals surface area contributed by atoms with E-state index in [0.717, 1.165) is 16.8 Å². The Morgan fingerprint density at radius 3 is 2.60 bits per heavy atom. The fourth-order valence-electron chi connectivity index (χ4n) is 2.02. The summed E-state index contributed by atoms with van der Waals surface area (Å²) in [7, 11) is 0. The first-order chi connectivity index (χ1) is 9.61. The molecule has 1 unspecified atom stereocenters. The maximum absolute atomic E-state index is 12.2. The zero-order chi connectivity index (χ0) is 14.5. The first kappa shape index (κ1) is 14.2. The van der Waals surface area contributed by atoms with Gasteiger partial charge in [-0.05, 0) is 37.1 Å². The van der Waals surface area contributed by atoms with E-state index in [4.69, 9.17) is 5.73 Å². The lowest BCUT2D eigenvalue weighted by molar-refractivity contribution is 0.0939. The third-order valence-corrected chi connectivity index (χ3v) is 3.31. The van der Waals surface area contributed by atoms with Crippen molar-refractivity contribution in [2.24, 2.45) is 5.73 Å². The van der Waals surface area contributed by atoms with Gasteiger partial charge in [-0.15, -0.1) is 0 Å². The summed E-state index contributed by atoms with van der Waals surface area (Å²) >= 11 is 0. The van der Waals surface area contributed by atoms with E-state index < -0.39 is 0 Å². The van der Waals surface area contributed by atoms with E-state index in [9.17, 15) is 4.79 Å². The molecule has 0 spiro atoms. The van der Waals surface area contributed by atoms with Crippen molar-refractivity contribution in [2.45, 2.75) is 26.4 Å². The molecule has 1 atom stereocenters. The quantitative estimate of drug-likeness (QED) is 0.895. The lowest BCUT2D eigenvalue weighted by Crippen LogP contribution is -2.27. The summed E-state index contributed by atoms with van der Waals surface area (Å²) in [6.45, 7) is 4.31. The first-order valence-corrected chi connectivity index (χ1v) is 6.63. The molecule has 3 N–H and O–H groups in total. The number of carbonyl (C=O) groups excluding carboxylic acids is 1. The molecule has 1 heterocycles. The van der Waals surface area contributed by atoms with Crippen LogP contribution in [0, 0.1) is 6.92 Å². The first-order valence-electron chi connectivity index (χ1n) is 6.63. The Hall–Kier alpha value is -2.20. The van der Waals surface area contributed by atoms with Crippen LogP contribution in [0.1, 0.15) is 40.1 Å². The monoisotopic (exact) mass is 269 g/mol. The van der Waals surface area contributed by atoms with Crippen LogP contribution in [0.5, 0.6) is 0 Å². The molecule has 0 aliphatic carbocycles. The maximum Gasteiger partial charge on any atom is 0.253 e. The van der Waals surface area contributed by atoms with Gasteiger partial charge < -0.3 is 11.1 Å². The molecule has 0 fully saturated rings. The van der Waals surface area contributed by atoms with E-state index in [0.29, 0.717) is 12.1 Å². The van der Waals surface area contributed by atoms with Gasteiger partial charge >= 0.3 is 0 Å². The van der Waals surface area contributed by atoms with Gasteiger partial charge in [-0.25, -0.2) is 0 Å². The van der Waals surface area contributed by atoms with Crippen molar-refractivity contribution in [3.8, 4) is 0 Å². The summed E-state index contributed by atoms with van der Waals surface area (Å²) < 4.78 is 0. The molecule has 0 saturated heterocycles.